The Bertz CT molecular complexity index is 883. The van der Waals surface area contributed by atoms with Crippen molar-refractivity contribution in [3.05, 3.63) is 47.1 Å². The maximum atomic E-state index is 12.8. The molecule has 0 spiro atoms. The van der Waals surface area contributed by atoms with Gasteiger partial charge in [0.25, 0.3) is 0 Å². The van der Waals surface area contributed by atoms with E-state index in [0.717, 1.165) is 15.9 Å². The number of amides is 2. The molecule has 0 radical (unpaired) electrons. The third-order valence-electron chi connectivity index (χ3n) is 5.02. The van der Waals surface area contributed by atoms with Crippen LogP contribution in [-0.4, -0.2) is 54.5 Å². The Balaban J connectivity index is 1.32. The average Bonchev–Trinajstić information content (AvgIpc) is 3.07. The molecule has 2 aliphatic heterocycles. The lowest BCUT2D eigenvalue weighted by molar-refractivity contribution is -0.144. The van der Waals surface area contributed by atoms with E-state index in [1.165, 1.54) is 0 Å². The largest absolute Gasteiger partial charge is 0.497 e. The molecule has 2 fully saturated rings. The smallest absolute Gasteiger partial charge is 0.228 e. The van der Waals surface area contributed by atoms with E-state index in [1.807, 2.05) is 36.4 Å². The predicted octanol–water partition coefficient (Wildman–Crippen LogP) is 2.50. The number of pyridine rings is 1. The van der Waals surface area contributed by atoms with Crippen LogP contribution in [0.1, 0.15) is 6.42 Å². The van der Waals surface area contributed by atoms with E-state index in [-0.39, 0.29) is 30.3 Å². The lowest BCUT2D eigenvalue weighted by atomic mass is 10.0. The molecule has 2 saturated heterocycles. The number of likely N-dealkylation sites (tertiary alicyclic amines) is 1. The minimum atomic E-state index is -0.322. The van der Waals surface area contributed by atoms with Crippen molar-refractivity contribution >= 4 is 33.4 Å². The van der Waals surface area contributed by atoms with Gasteiger partial charge in [0.1, 0.15) is 11.9 Å². The second-order valence-electron chi connectivity index (χ2n) is 6.88. The second-order valence-corrected chi connectivity index (χ2v) is 7.73. The molecule has 1 atom stereocenters. The van der Waals surface area contributed by atoms with Gasteiger partial charge in [0.2, 0.25) is 17.7 Å². The number of rotatable bonds is 5. The summed E-state index contributed by atoms with van der Waals surface area (Å²) in [5.41, 5.74) is 0.783. The third-order valence-corrected chi connectivity index (χ3v) is 5.62. The number of aromatic nitrogens is 1. The van der Waals surface area contributed by atoms with Gasteiger partial charge >= 0.3 is 0 Å². The van der Waals surface area contributed by atoms with Crippen LogP contribution in [0, 0.1) is 5.92 Å². The van der Waals surface area contributed by atoms with Crippen LogP contribution >= 0.6 is 15.9 Å². The minimum absolute atomic E-state index is 0.00398. The Hall–Kier alpha value is -2.61. The highest BCUT2D eigenvalue weighted by Gasteiger charge is 2.41. The number of carbonyl (C=O) groups excluding carboxylic acids is 2. The number of benzene rings is 1. The number of methoxy groups -OCH3 is 1. The summed E-state index contributed by atoms with van der Waals surface area (Å²) in [4.78, 5) is 32.8. The Labute approximate surface area is 171 Å². The van der Waals surface area contributed by atoms with Gasteiger partial charge in [0.05, 0.1) is 30.6 Å². The number of nitrogens with zero attached hydrogens (tertiary/aromatic N) is 3. The van der Waals surface area contributed by atoms with Crippen molar-refractivity contribution in [2.45, 2.75) is 12.5 Å². The quantitative estimate of drug-likeness (QED) is 0.706. The zero-order chi connectivity index (χ0) is 19.7. The molecular weight excluding hydrogens is 426 g/mol. The van der Waals surface area contributed by atoms with E-state index in [4.69, 9.17) is 9.47 Å². The molecule has 0 aliphatic carbocycles. The fourth-order valence-electron chi connectivity index (χ4n) is 3.45. The van der Waals surface area contributed by atoms with E-state index in [2.05, 4.69) is 20.9 Å². The Kier molecular flexibility index (Phi) is 5.21. The van der Waals surface area contributed by atoms with Crippen LogP contribution in [0.5, 0.6) is 11.6 Å². The zero-order valence-electron chi connectivity index (χ0n) is 15.4. The standard InChI is InChI=1S/C20H20BrN3O4/c1-27-15-6-4-14(5-7-15)24-10-13(9-18(24)25)20(26)23-11-16(12-23)28-19-17(21)3-2-8-22-19/h2-8,13,16H,9-12H2,1H3. The molecule has 2 aromatic rings. The van der Waals surface area contributed by atoms with Crippen LogP contribution in [0.25, 0.3) is 0 Å². The van der Waals surface area contributed by atoms with Crippen molar-refractivity contribution in [1.29, 1.82) is 0 Å². The molecule has 2 aliphatic rings. The van der Waals surface area contributed by atoms with Crippen LogP contribution < -0.4 is 14.4 Å². The fourth-order valence-corrected chi connectivity index (χ4v) is 3.80. The topological polar surface area (TPSA) is 72.0 Å². The number of hydrogen-bond donors (Lipinski definition) is 0. The van der Waals surface area contributed by atoms with E-state index >= 15 is 0 Å². The molecule has 7 nitrogen and oxygen atoms in total. The van der Waals surface area contributed by atoms with E-state index in [0.29, 0.717) is 25.5 Å². The number of anilines is 1. The monoisotopic (exact) mass is 445 g/mol. The summed E-state index contributed by atoms with van der Waals surface area (Å²) in [5, 5.41) is 0. The maximum absolute atomic E-state index is 12.8. The first-order chi connectivity index (χ1) is 13.5. The first-order valence-electron chi connectivity index (χ1n) is 9.05. The second kappa shape index (κ2) is 7.79. The van der Waals surface area contributed by atoms with Gasteiger partial charge in [-0.15, -0.1) is 0 Å². The van der Waals surface area contributed by atoms with Gasteiger partial charge in [0, 0.05) is 24.8 Å². The molecule has 2 amide bonds. The van der Waals surface area contributed by atoms with Gasteiger partial charge in [-0.05, 0) is 52.3 Å². The fraction of sp³-hybridized carbons (Fsp3) is 0.350. The SMILES string of the molecule is COc1ccc(N2CC(C(=O)N3CC(Oc4ncccc4Br)C3)CC2=O)cc1. The minimum Gasteiger partial charge on any atom is -0.497 e. The summed E-state index contributed by atoms with van der Waals surface area (Å²) in [5.74, 6) is 0.909. The summed E-state index contributed by atoms with van der Waals surface area (Å²) < 4.78 is 11.8. The normalized spacial score (nSPS) is 19.5. The van der Waals surface area contributed by atoms with Crippen LogP contribution in [0.4, 0.5) is 5.69 Å². The number of halogens is 1. The number of carbonyl (C=O) groups is 2. The molecule has 146 valence electrons. The summed E-state index contributed by atoms with van der Waals surface area (Å²) in [6.07, 6.45) is 1.82. The molecule has 1 unspecified atom stereocenters. The van der Waals surface area contributed by atoms with Gasteiger partial charge in [0.15, 0.2) is 0 Å². The van der Waals surface area contributed by atoms with E-state index < -0.39 is 0 Å². The van der Waals surface area contributed by atoms with Crippen LogP contribution in [0.2, 0.25) is 0 Å². The van der Waals surface area contributed by atoms with Crippen molar-refractivity contribution in [1.82, 2.24) is 9.88 Å². The molecule has 8 heteroatoms. The highest BCUT2D eigenvalue weighted by atomic mass is 79.9. The number of hydrogen-bond acceptors (Lipinski definition) is 5. The highest BCUT2D eigenvalue weighted by Crippen LogP contribution is 2.30. The van der Waals surface area contributed by atoms with Crippen molar-refractivity contribution in [3.8, 4) is 11.6 Å². The van der Waals surface area contributed by atoms with E-state index in [1.54, 1.807) is 23.1 Å². The Morgan fingerprint density at radius 1 is 1.18 bits per heavy atom. The van der Waals surface area contributed by atoms with Gasteiger partial charge in [-0.1, -0.05) is 0 Å². The molecule has 1 aromatic carbocycles. The van der Waals surface area contributed by atoms with Crippen molar-refractivity contribution in [3.63, 3.8) is 0 Å². The molecule has 4 rings (SSSR count). The predicted molar refractivity (Wildman–Crippen MR) is 106 cm³/mol. The van der Waals surface area contributed by atoms with Gasteiger partial charge < -0.3 is 19.3 Å². The van der Waals surface area contributed by atoms with Gasteiger partial charge in [-0.25, -0.2) is 4.98 Å². The maximum Gasteiger partial charge on any atom is 0.228 e. The lowest BCUT2D eigenvalue weighted by Gasteiger charge is -2.40. The van der Waals surface area contributed by atoms with Crippen LogP contribution in [0.3, 0.4) is 0 Å². The molecule has 3 heterocycles. The first-order valence-corrected chi connectivity index (χ1v) is 9.85. The van der Waals surface area contributed by atoms with Gasteiger partial charge in [-0.3, -0.25) is 9.59 Å². The Morgan fingerprint density at radius 2 is 1.93 bits per heavy atom. The molecule has 1 aromatic heterocycles. The van der Waals surface area contributed by atoms with Crippen LogP contribution in [-0.2, 0) is 9.59 Å². The van der Waals surface area contributed by atoms with Gasteiger partial charge in [-0.2, -0.15) is 0 Å². The first kappa shape index (κ1) is 18.7. The lowest BCUT2D eigenvalue weighted by Crippen LogP contribution is -2.57. The van der Waals surface area contributed by atoms with Crippen molar-refractivity contribution in [2.24, 2.45) is 5.92 Å². The van der Waals surface area contributed by atoms with E-state index in [9.17, 15) is 9.59 Å². The third kappa shape index (κ3) is 3.69. The summed E-state index contributed by atoms with van der Waals surface area (Å²) in [6, 6.07) is 11.0. The molecule has 0 N–H and O–H groups in total. The molecule has 0 bridgehead atoms. The van der Waals surface area contributed by atoms with Crippen LogP contribution in [0.15, 0.2) is 47.1 Å². The summed E-state index contributed by atoms with van der Waals surface area (Å²) in [7, 11) is 1.60. The highest BCUT2D eigenvalue weighted by molar-refractivity contribution is 9.10. The van der Waals surface area contributed by atoms with Crippen molar-refractivity contribution < 1.29 is 19.1 Å². The summed E-state index contributed by atoms with van der Waals surface area (Å²) >= 11 is 3.40. The summed E-state index contributed by atoms with van der Waals surface area (Å²) in [6.45, 7) is 1.42. The number of ether oxygens (including phenoxy) is 2. The average molecular weight is 446 g/mol. The van der Waals surface area contributed by atoms with Crippen molar-refractivity contribution in [2.75, 3.05) is 31.6 Å². The molecule has 28 heavy (non-hydrogen) atoms. The zero-order valence-corrected chi connectivity index (χ0v) is 17.0. The molecule has 0 saturated carbocycles. The molecular formula is C20H20BrN3O4. The Morgan fingerprint density at radius 3 is 2.61 bits per heavy atom.